The maximum absolute atomic E-state index is 14.1. The average molecular weight is 1710 g/mol. The van der Waals surface area contributed by atoms with Crippen LogP contribution in [0.25, 0.3) is 0 Å². The number of carbonyl (C=O) groups excluding carboxylic acids is 9. The molecule has 23 N–H and O–H groups in total. The zero-order valence-corrected chi connectivity index (χ0v) is 69.8. The zero-order chi connectivity index (χ0) is 87.2. The van der Waals surface area contributed by atoms with E-state index in [2.05, 4.69) is 42.5 Å². The number of nitrogens with zero attached hydrogens (tertiary/aromatic N) is 1. The smallest absolute Gasteiger partial charge is 0.407 e. The SMILES string of the molecule is COC[C@H]1C[C@H](OC)CN1C(=O)CCCCNC(=O)CCCC(=O)NC(CCCOC(=O)NCCCCCCNC(=O)CCCOC1OC(CO)C(O)C(O)C1N)(CCCOC(=O)NCCCCCCNC(=O)CCCOC1OC(CO)C(O)C(O)C1N)CCCOC(=O)NCCCCCCNC(=O)CCCOC1OC(CO)C(O)C(O)C1N. The van der Waals surface area contributed by atoms with Gasteiger partial charge in [0, 0.05) is 111 Å². The lowest BCUT2D eigenvalue weighted by molar-refractivity contribution is -0.265. The summed E-state index contributed by atoms with van der Waals surface area (Å²) in [5, 5.41) is 112. The molecule has 4 rings (SSSR count). The van der Waals surface area contributed by atoms with Gasteiger partial charge in [-0.2, -0.15) is 0 Å². The predicted molar refractivity (Wildman–Crippen MR) is 427 cm³/mol. The fourth-order valence-corrected chi connectivity index (χ4v) is 14.2. The molecular formula is C78H144N12O29. The summed E-state index contributed by atoms with van der Waals surface area (Å²) in [4.78, 5) is 118. The number of nitrogens with one attached hydrogen (secondary N) is 8. The van der Waals surface area contributed by atoms with Gasteiger partial charge in [0.1, 0.15) is 54.9 Å². The van der Waals surface area contributed by atoms with Crippen LogP contribution in [0, 0.1) is 0 Å². The Kier molecular flexibility index (Phi) is 54.8. The molecular weight excluding hydrogens is 1570 g/mol. The topological polar surface area (TPSA) is 615 Å². The summed E-state index contributed by atoms with van der Waals surface area (Å²) >= 11 is 0. The molecule has 0 aromatic heterocycles. The number of ether oxygens (including phenoxy) is 11. The van der Waals surface area contributed by atoms with E-state index in [4.69, 9.17) is 69.3 Å². The van der Waals surface area contributed by atoms with Gasteiger partial charge in [0.15, 0.2) is 18.9 Å². The lowest BCUT2D eigenvalue weighted by Crippen LogP contribution is -2.62. The lowest BCUT2D eigenvalue weighted by Gasteiger charge is -2.40. The first kappa shape index (κ1) is 105. The van der Waals surface area contributed by atoms with Crippen LogP contribution in [0.15, 0.2) is 0 Å². The number of rotatable bonds is 64. The Morgan fingerprint density at radius 1 is 0.378 bits per heavy atom. The second kappa shape index (κ2) is 62.0. The number of amides is 9. The summed E-state index contributed by atoms with van der Waals surface area (Å²) in [5.41, 5.74) is 16.7. The van der Waals surface area contributed by atoms with Crippen molar-refractivity contribution in [1.29, 1.82) is 0 Å². The van der Waals surface area contributed by atoms with Gasteiger partial charge in [-0.05, 0) is 122 Å². The number of carbonyl (C=O) groups is 9. The monoisotopic (exact) mass is 1710 g/mol. The van der Waals surface area contributed by atoms with Gasteiger partial charge in [0.2, 0.25) is 35.4 Å². The van der Waals surface area contributed by atoms with E-state index < -0.39 is 136 Å². The minimum Gasteiger partial charge on any atom is -0.450 e. The predicted octanol–water partition coefficient (Wildman–Crippen LogP) is -2.20. The number of methoxy groups -OCH3 is 2. The van der Waals surface area contributed by atoms with Crippen LogP contribution in [0.2, 0.25) is 0 Å². The third kappa shape index (κ3) is 42.7. The van der Waals surface area contributed by atoms with E-state index in [0.717, 1.165) is 38.5 Å². The Hall–Kier alpha value is -6.17. The fraction of sp³-hybridized carbons (Fsp3) is 0.885. The van der Waals surface area contributed by atoms with Crippen molar-refractivity contribution in [2.24, 2.45) is 17.2 Å². The van der Waals surface area contributed by atoms with Crippen LogP contribution in [0.3, 0.4) is 0 Å². The van der Waals surface area contributed by atoms with Crippen LogP contribution in [-0.4, -0.2) is 347 Å². The van der Waals surface area contributed by atoms with Crippen LogP contribution in [0.1, 0.15) is 199 Å². The largest absolute Gasteiger partial charge is 0.450 e. The summed E-state index contributed by atoms with van der Waals surface area (Å²) in [7, 11) is 3.21. The number of aliphatic hydroxyl groups is 9. The van der Waals surface area contributed by atoms with E-state index in [1.54, 1.807) is 19.1 Å². The number of likely N-dealkylation sites (tertiary alicyclic amines) is 1. The molecule has 0 saturated carbocycles. The maximum atomic E-state index is 14.1. The highest BCUT2D eigenvalue weighted by atomic mass is 16.7. The van der Waals surface area contributed by atoms with Gasteiger partial charge in [-0.15, -0.1) is 0 Å². The molecule has 0 radical (unpaired) electrons. The highest BCUT2D eigenvalue weighted by molar-refractivity contribution is 5.80. The molecule has 4 aliphatic heterocycles. The third-order valence-electron chi connectivity index (χ3n) is 21.2. The van der Waals surface area contributed by atoms with Gasteiger partial charge in [-0.1, -0.05) is 38.5 Å². The van der Waals surface area contributed by atoms with E-state index in [9.17, 15) is 89.1 Å². The molecule has 0 aromatic carbocycles. The van der Waals surface area contributed by atoms with Gasteiger partial charge < -0.3 is 163 Å². The fourth-order valence-electron chi connectivity index (χ4n) is 14.2. The number of aliphatic hydroxyl groups excluding tert-OH is 9. The summed E-state index contributed by atoms with van der Waals surface area (Å²) in [6.45, 7) is 2.05. The highest BCUT2D eigenvalue weighted by Crippen LogP contribution is 2.29. The van der Waals surface area contributed by atoms with Crippen molar-refractivity contribution >= 4 is 53.7 Å². The molecule has 4 aliphatic rings. The summed E-state index contributed by atoms with van der Waals surface area (Å²) in [6.07, 6.45) is -2.57. The zero-order valence-electron chi connectivity index (χ0n) is 69.8. The van der Waals surface area contributed by atoms with E-state index in [0.29, 0.717) is 142 Å². The molecule has 4 saturated heterocycles. The molecule has 690 valence electrons. The lowest BCUT2D eigenvalue weighted by atomic mass is 9.83. The van der Waals surface area contributed by atoms with Gasteiger partial charge in [0.25, 0.3) is 0 Å². The molecule has 17 atom stereocenters. The molecule has 0 spiro atoms. The van der Waals surface area contributed by atoms with Crippen LogP contribution < -0.4 is 59.7 Å². The Balaban J connectivity index is 1.26. The van der Waals surface area contributed by atoms with Gasteiger partial charge >= 0.3 is 18.3 Å². The Bertz CT molecular complexity index is 2610. The number of nitrogens with two attached hydrogens (primary N) is 3. The van der Waals surface area contributed by atoms with Crippen LogP contribution >= 0.6 is 0 Å². The molecule has 9 amide bonds. The molecule has 0 aromatic rings. The van der Waals surface area contributed by atoms with Gasteiger partial charge in [0.05, 0.1) is 96.3 Å². The molecule has 0 bridgehead atoms. The van der Waals surface area contributed by atoms with Crippen molar-refractivity contribution in [1.82, 2.24) is 47.4 Å². The summed E-state index contributed by atoms with van der Waals surface area (Å²) < 4.78 is 60.7. The number of unbranched alkanes of at least 4 members (excludes halogenated alkanes) is 10. The Morgan fingerprint density at radius 2 is 0.689 bits per heavy atom. The van der Waals surface area contributed by atoms with E-state index in [-0.39, 0.29) is 164 Å². The van der Waals surface area contributed by atoms with E-state index in [1.165, 1.54) is 0 Å². The van der Waals surface area contributed by atoms with Crippen molar-refractivity contribution in [3.63, 3.8) is 0 Å². The molecule has 0 aliphatic carbocycles. The van der Waals surface area contributed by atoms with Crippen molar-refractivity contribution in [2.75, 3.05) is 133 Å². The van der Waals surface area contributed by atoms with Crippen molar-refractivity contribution in [3.05, 3.63) is 0 Å². The molecule has 41 nitrogen and oxygen atoms in total. The van der Waals surface area contributed by atoms with E-state index in [1.807, 2.05) is 0 Å². The first-order valence-corrected chi connectivity index (χ1v) is 42.7. The highest BCUT2D eigenvalue weighted by Gasteiger charge is 2.46. The number of hydrogen-bond acceptors (Lipinski definition) is 32. The van der Waals surface area contributed by atoms with Crippen LogP contribution in [0.4, 0.5) is 14.4 Å². The molecule has 41 heteroatoms. The van der Waals surface area contributed by atoms with Gasteiger partial charge in [-0.25, -0.2) is 14.4 Å². The number of hydrogen-bond donors (Lipinski definition) is 20. The summed E-state index contributed by atoms with van der Waals surface area (Å²) in [6, 6.07) is -3.18. The molecule has 15 unspecified atom stereocenters. The molecule has 4 fully saturated rings. The first-order valence-electron chi connectivity index (χ1n) is 42.7. The second-order valence-corrected chi connectivity index (χ2v) is 30.8. The molecule has 119 heavy (non-hydrogen) atoms. The normalized spacial score (nSPS) is 25.4. The minimum absolute atomic E-state index is 0.00370. The molecule has 4 heterocycles. The third-order valence-corrected chi connectivity index (χ3v) is 21.2. The average Bonchev–Trinajstić information content (AvgIpc) is 1.50. The summed E-state index contributed by atoms with van der Waals surface area (Å²) in [5.74, 6) is -1.19. The van der Waals surface area contributed by atoms with Crippen LogP contribution in [0.5, 0.6) is 0 Å². The quantitative estimate of drug-likeness (QED) is 0.0227. The van der Waals surface area contributed by atoms with Gasteiger partial charge in [-0.3, -0.25) is 28.8 Å². The first-order chi connectivity index (χ1) is 57.3. The maximum Gasteiger partial charge on any atom is 0.407 e. The Morgan fingerprint density at radius 3 is 1.01 bits per heavy atom. The van der Waals surface area contributed by atoms with E-state index >= 15 is 0 Å². The van der Waals surface area contributed by atoms with Crippen molar-refractivity contribution in [3.8, 4) is 0 Å². The van der Waals surface area contributed by atoms with Crippen LogP contribution in [-0.2, 0) is 80.9 Å². The Labute approximate surface area is 698 Å². The number of alkyl carbamates (subject to hydrolysis) is 3. The minimum atomic E-state index is -1.36. The van der Waals surface area contributed by atoms with Crippen molar-refractivity contribution < 1.29 is 141 Å². The second-order valence-electron chi connectivity index (χ2n) is 30.8. The standard InChI is InChI=1S/C78H144N12O29/c1-109-51-52-46-53(110-2)47-90(52)62(99)29-9-16-36-85-57(94)24-17-25-61(98)89-78(30-21-43-114-75(106)86-37-13-6-3-10-33-82-58(95)26-18-40-111-72-63(79)69(103)66(100)54(48-91)117-72,31-22-44-115-76(107)87-38-14-7-4-11-34-83-59(96)27-19-41-112-73-64(80)70(104)67(101)55(49-92)118-73)32-23-45-116-77(108)88-39-15-8-5-12-35-84-60(97)28-20-42-113-74-65(81)71(105)68(102)56(50-93)119-74/h52-56,63-74,91-93,100-105H,3-51,79-81H2,1-2H3,(H,82,95)(H,83,96)(H,84,97)(H,85,94)(H,86,106)(H,87,107)(H,88,108)(H,89,98)/t52-,53+,54?,55?,56?,63?,64?,65?,66?,67?,68?,69?,70?,71?,72?,73?,74?,78?/m1/s1. The van der Waals surface area contributed by atoms with Crippen molar-refractivity contribution in [2.45, 2.75) is 309 Å².